The lowest BCUT2D eigenvalue weighted by Gasteiger charge is -2.32. The molecule has 1 fully saturated rings. The third-order valence-corrected chi connectivity index (χ3v) is 6.02. The monoisotopic (exact) mass is 478 g/mol. The van der Waals surface area contributed by atoms with Crippen LogP contribution in [0.4, 0.5) is 11.9 Å². The van der Waals surface area contributed by atoms with Gasteiger partial charge in [0.15, 0.2) is 5.65 Å². The molecule has 1 aromatic carbocycles. The predicted octanol–water partition coefficient (Wildman–Crippen LogP) is 3.31. The second kappa shape index (κ2) is 8.60. The number of piperazine rings is 1. The van der Waals surface area contributed by atoms with Gasteiger partial charge >= 0.3 is 0 Å². The molecule has 5 rings (SSSR count). The molecule has 158 valence electrons. The van der Waals surface area contributed by atoms with E-state index in [9.17, 15) is 0 Å². The molecule has 0 bridgehead atoms. The van der Waals surface area contributed by atoms with Crippen LogP contribution < -0.4 is 10.2 Å². The summed E-state index contributed by atoms with van der Waals surface area (Å²) >= 11 is 3.56. The highest BCUT2D eigenvalue weighted by atomic mass is 79.9. The van der Waals surface area contributed by atoms with E-state index < -0.39 is 0 Å². The molecule has 1 aliphatic rings. The number of nitrogens with zero attached hydrogens (tertiary/aromatic N) is 7. The largest absolute Gasteiger partial charge is 0.350 e. The number of hydrogen-bond acceptors (Lipinski definition) is 7. The molecule has 0 aliphatic carbocycles. The molecular formula is C22H23BrN8. The van der Waals surface area contributed by atoms with Crippen LogP contribution in [0, 0.1) is 0 Å². The van der Waals surface area contributed by atoms with E-state index in [0.29, 0.717) is 12.5 Å². The number of aromatic nitrogens is 5. The van der Waals surface area contributed by atoms with E-state index in [2.05, 4.69) is 72.4 Å². The maximum Gasteiger partial charge on any atom is 0.230 e. The van der Waals surface area contributed by atoms with E-state index in [0.717, 1.165) is 59.1 Å². The van der Waals surface area contributed by atoms with Gasteiger partial charge in [-0.25, -0.2) is 0 Å². The highest BCUT2D eigenvalue weighted by molar-refractivity contribution is 9.10. The fourth-order valence-corrected chi connectivity index (χ4v) is 3.96. The fraction of sp³-hybridized carbons (Fsp3) is 0.273. The first kappa shape index (κ1) is 19.9. The quantitative estimate of drug-likeness (QED) is 0.471. The van der Waals surface area contributed by atoms with Gasteiger partial charge in [-0.3, -0.25) is 4.98 Å². The summed E-state index contributed by atoms with van der Waals surface area (Å²) in [5, 5.41) is 7.87. The van der Waals surface area contributed by atoms with E-state index in [-0.39, 0.29) is 0 Å². The van der Waals surface area contributed by atoms with Crippen LogP contribution in [0.3, 0.4) is 0 Å². The second-order valence-electron chi connectivity index (χ2n) is 7.63. The van der Waals surface area contributed by atoms with Gasteiger partial charge in [0, 0.05) is 44.5 Å². The Morgan fingerprint density at radius 2 is 1.81 bits per heavy atom. The van der Waals surface area contributed by atoms with Gasteiger partial charge < -0.3 is 15.1 Å². The van der Waals surface area contributed by atoms with Crippen molar-refractivity contribution >= 4 is 33.5 Å². The molecule has 1 N–H and O–H groups in total. The molecule has 1 saturated heterocycles. The zero-order chi connectivity index (χ0) is 21.2. The summed E-state index contributed by atoms with van der Waals surface area (Å²) in [6, 6.07) is 14.3. The van der Waals surface area contributed by atoms with Gasteiger partial charge in [0.05, 0.1) is 16.4 Å². The van der Waals surface area contributed by atoms with Crippen molar-refractivity contribution in [3.63, 3.8) is 0 Å². The summed E-state index contributed by atoms with van der Waals surface area (Å²) in [6.45, 7) is 4.45. The van der Waals surface area contributed by atoms with Crippen molar-refractivity contribution in [2.45, 2.75) is 6.54 Å². The standard InChI is InChI=1S/C22H23BrN8/c1-29-10-12-30(13-11-29)22-27-20-18(23)15-26-31(20)21(28-22)25-14-16-5-7-17(8-6-16)19-4-2-3-9-24-19/h2-9,15H,10-14H2,1H3,(H,25,27,28). The minimum atomic E-state index is 0.633. The van der Waals surface area contributed by atoms with Gasteiger partial charge in [0.1, 0.15) is 0 Å². The van der Waals surface area contributed by atoms with E-state index in [1.807, 2.05) is 24.4 Å². The average molecular weight is 479 g/mol. The number of halogens is 1. The molecule has 4 aromatic rings. The van der Waals surface area contributed by atoms with Gasteiger partial charge in [-0.1, -0.05) is 30.3 Å². The molecule has 1 aliphatic heterocycles. The molecule has 0 spiro atoms. The number of fused-ring (bicyclic) bond motifs is 1. The third-order valence-electron chi connectivity index (χ3n) is 5.46. The topological polar surface area (TPSA) is 74.5 Å². The second-order valence-corrected chi connectivity index (χ2v) is 8.49. The zero-order valence-electron chi connectivity index (χ0n) is 17.2. The number of anilines is 2. The van der Waals surface area contributed by atoms with E-state index in [1.165, 1.54) is 0 Å². The molecule has 0 radical (unpaired) electrons. The van der Waals surface area contributed by atoms with Crippen LogP contribution in [0.25, 0.3) is 16.9 Å². The highest BCUT2D eigenvalue weighted by Gasteiger charge is 2.20. The zero-order valence-corrected chi connectivity index (χ0v) is 18.8. The number of hydrogen-bond donors (Lipinski definition) is 1. The maximum absolute atomic E-state index is 4.80. The van der Waals surface area contributed by atoms with Crippen molar-refractivity contribution in [3.05, 3.63) is 64.9 Å². The number of likely N-dealkylation sites (N-methyl/N-ethyl adjacent to an activating group) is 1. The van der Waals surface area contributed by atoms with Crippen LogP contribution in [0.15, 0.2) is 59.3 Å². The Kier molecular flexibility index (Phi) is 5.52. The summed E-state index contributed by atoms with van der Waals surface area (Å²) < 4.78 is 2.60. The Labute approximate surface area is 189 Å². The Morgan fingerprint density at radius 1 is 1.00 bits per heavy atom. The van der Waals surface area contributed by atoms with Crippen molar-refractivity contribution in [1.82, 2.24) is 29.5 Å². The Bertz CT molecular complexity index is 1170. The predicted molar refractivity (Wildman–Crippen MR) is 125 cm³/mol. The van der Waals surface area contributed by atoms with Crippen molar-refractivity contribution in [2.24, 2.45) is 0 Å². The summed E-state index contributed by atoms with van der Waals surface area (Å²) in [7, 11) is 2.14. The molecule has 0 atom stereocenters. The van der Waals surface area contributed by atoms with Crippen LogP contribution in [-0.4, -0.2) is 62.7 Å². The van der Waals surface area contributed by atoms with Gasteiger partial charge in [0.25, 0.3) is 0 Å². The third kappa shape index (κ3) is 4.24. The Balaban J connectivity index is 1.37. The van der Waals surface area contributed by atoms with Crippen LogP contribution in [0.2, 0.25) is 0 Å². The Hall–Kier alpha value is -3.04. The summed E-state index contributed by atoms with van der Waals surface area (Å²) in [5.41, 5.74) is 3.98. The molecule has 8 nitrogen and oxygen atoms in total. The maximum atomic E-state index is 4.80. The van der Waals surface area contributed by atoms with E-state index in [1.54, 1.807) is 10.7 Å². The number of nitrogens with one attached hydrogen (secondary N) is 1. The molecule has 0 unspecified atom stereocenters. The van der Waals surface area contributed by atoms with Crippen LogP contribution in [-0.2, 0) is 6.54 Å². The summed E-state index contributed by atoms with van der Waals surface area (Å²) in [4.78, 5) is 18.5. The first-order valence-corrected chi connectivity index (χ1v) is 11.1. The molecular weight excluding hydrogens is 456 g/mol. The minimum absolute atomic E-state index is 0.633. The first-order chi connectivity index (χ1) is 15.2. The summed E-state index contributed by atoms with van der Waals surface area (Å²) in [5.74, 6) is 1.41. The molecule has 0 saturated carbocycles. The molecule has 0 amide bonds. The van der Waals surface area contributed by atoms with Crippen molar-refractivity contribution < 1.29 is 0 Å². The minimum Gasteiger partial charge on any atom is -0.350 e. The lowest BCUT2D eigenvalue weighted by atomic mass is 10.1. The number of rotatable bonds is 5. The fourth-order valence-electron chi connectivity index (χ4n) is 3.61. The normalized spacial score (nSPS) is 14.8. The van der Waals surface area contributed by atoms with Gasteiger partial charge in [-0.2, -0.15) is 19.6 Å². The van der Waals surface area contributed by atoms with Crippen LogP contribution in [0.5, 0.6) is 0 Å². The van der Waals surface area contributed by atoms with Gasteiger partial charge in [-0.15, -0.1) is 0 Å². The average Bonchev–Trinajstić information content (AvgIpc) is 3.20. The van der Waals surface area contributed by atoms with Crippen molar-refractivity contribution in [2.75, 3.05) is 43.4 Å². The smallest absolute Gasteiger partial charge is 0.230 e. The lowest BCUT2D eigenvalue weighted by molar-refractivity contribution is 0.311. The van der Waals surface area contributed by atoms with Crippen molar-refractivity contribution in [3.8, 4) is 11.3 Å². The van der Waals surface area contributed by atoms with E-state index in [4.69, 9.17) is 9.97 Å². The number of pyridine rings is 1. The lowest BCUT2D eigenvalue weighted by Crippen LogP contribution is -2.45. The summed E-state index contributed by atoms with van der Waals surface area (Å²) in [6.07, 6.45) is 3.57. The molecule has 31 heavy (non-hydrogen) atoms. The molecule has 4 heterocycles. The van der Waals surface area contributed by atoms with Crippen molar-refractivity contribution in [1.29, 1.82) is 0 Å². The number of benzene rings is 1. The Morgan fingerprint density at radius 3 is 2.55 bits per heavy atom. The molecule has 9 heteroatoms. The van der Waals surface area contributed by atoms with Gasteiger partial charge in [0.2, 0.25) is 11.9 Å². The molecule has 3 aromatic heterocycles. The highest BCUT2D eigenvalue weighted by Crippen LogP contribution is 2.23. The SMILES string of the molecule is CN1CCN(c2nc(NCc3ccc(-c4ccccn4)cc3)n3ncc(Br)c3n2)CC1. The van der Waals surface area contributed by atoms with Gasteiger partial charge in [-0.05, 0) is 40.7 Å². The van der Waals surface area contributed by atoms with Crippen LogP contribution >= 0.6 is 15.9 Å². The first-order valence-electron chi connectivity index (χ1n) is 10.3. The van der Waals surface area contributed by atoms with Crippen LogP contribution in [0.1, 0.15) is 5.56 Å². The van der Waals surface area contributed by atoms with E-state index >= 15 is 0 Å².